The summed E-state index contributed by atoms with van der Waals surface area (Å²) < 4.78 is 21.8. The van der Waals surface area contributed by atoms with E-state index in [4.69, 9.17) is 10.5 Å². The van der Waals surface area contributed by atoms with Gasteiger partial charge in [0.15, 0.2) is 11.6 Å². The van der Waals surface area contributed by atoms with Gasteiger partial charge in [0.25, 0.3) is 0 Å². The zero-order valence-corrected chi connectivity index (χ0v) is 19.7. The van der Waals surface area contributed by atoms with Crippen LogP contribution >= 0.6 is 0 Å². The van der Waals surface area contributed by atoms with Gasteiger partial charge < -0.3 is 19.9 Å². The van der Waals surface area contributed by atoms with Crippen LogP contribution in [0.15, 0.2) is 48.9 Å². The summed E-state index contributed by atoms with van der Waals surface area (Å²) >= 11 is 0. The van der Waals surface area contributed by atoms with E-state index >= 15 is 0 Å². The molecule has 4 aromatic rings. The van der Waals surface area contributed by atoms with Crippen LogP contribution in [0.5, 0.6) is 5.75 Å². The number of anilines is 1. The maximum atomic E-state index is 14.6. The highest BCUT2D eigenvalue weighted by Gasteiger charge is 2.29. The van der Waals surface area contributed by atoms with Gasteiger partial charge in [0.1, 0.15) is 22.8 Å². The number of nitrogens with two attached hydrogens (primary N) is 1. The van der Waals surface area contributed by atoms with E-state index in [1.807, 2.05) is 23.7 Å². The molecule has 2 N–H and O–H groups in total. The number of carbonyl (C=O) groups is 1. The van der Waals surface area contributed by atoms with Crippen molar-refractivity contribution in [1.82, 2.24) is 19.5 Å². The molecule has 0 unspecified atom stereocenters. The molecule has 5 rings (SSSR count). The number of ketones is 1. The predicted molar refractivity (Wildman–Crippen MR) is 132 cm³/mol. The Bertz CT molecular complexity index is 1400. The Morgan fingerprint density at radius 2 is 2.09 bits per heavy atom. The zero-order chi connectivity index (χ0) is 24.5. The first-order valence-electron chi connectivity index (χ1n) is 11.6. The monoisotopic (exact) mass is 474 g/mol. The van der Waals surface area contributed by atoms with Gasteiger partial charge in [-0.3, -0.25) is 4.79 Å². The molecule has 3 heterocycles. The molecule has 180 valence electrons. The van der Waals surface area contributed by atoms with Gasteiger partial charge in [-0.15, -0.1) is 0 Å². The third-order valence-electron chi connectivity index (χ3n) is 6.60. The van der Waals surface area contributed by atoms with Crippen LogP contribution in [0.4, 0.5) is 10.1 Å². The Morgan fingerprint density at radius 1 is 1.23 bits per heavy atom. The van der Waals surface area contributed by atoms with Gasteiger partial charge >= 0.3 is 0 Å². The van der Waals surface area contributed by atoms with E-state index in [1.165, 1.54) is 19.4 Å². The highest BCUT2D eigenvalue weighted by Crippen LogP contribution is 2.35. The Balaban J connectivity index is 1.53. The third kappa shape index (κ3) is 4.12. The summed E-state index contributed by atoms with van der Waals surface area (Å²) in [6, 6.07) is 10.2. The van der Waals surface area contributed by atoms with Crippen molar-refractivity contribution >= 4 is 22.5 Å². The van der Waals surface area contributed by atoms with Crippen molar-refractivity contribution in [2.45, 2.75) is 25.3 Å². The van der Waals surface area contributed by atoms with Crippen LogP contribution < -0.4 is 15.4 Å². The number of imidazole rings is 1. The van der Waals surface area contributed by atoms with E-state index < -0.39 is 5.82 Å². The smallest absolute Gasteiger partial charge is 0.185 e. The van der Waals surface area contributed by atoms with Crippen LogP contribution in [0.3, 0.4) is 0 Å². The van der Waals surface area contributed by atoms with E-state index in [1.54, 1.807) is 24.5 Å². The van der Waals surface area contributed by atoms with E-state index in [0.29, 0.717) is 12.3 Å². The number of hydrogen-bond acceptors (Lipinski definition) is 7. The molecule has 0 spiro atoms. The Labute approximate surface area is 202 Å². The standard InChI is InChI=1S/C26H27FN6O2/c1-32-15-30-24-20(32)9-8-16(25(24)33-12-4-5-17(33)14-28)13-21(34)19-10-11-29-26(31-19)23-18(27)6-3-7-22(23)35-2/h3,6-11,15,17H,4-5,12-14,28H2,1-2H3/t17-/m0/s1. The van der Waals surface area contributed by atoms with Crippen molar-refractivity contribution in [3.8, 4) is 17.1 Å². The number of halogens is 1. The van der Waals surface area contributed by atoms with Crippen molar-refractivity contribution in [3.63, 3.8) is 0 Å². The quantitative estimate of drug-likeness (QED) is 0.409. The van der Waals surface area contributed by atoms with Crippen LogP contribution in [0.2, 0.25) is 0 Å². The number of aromatic nitrogens is 4. The summed E-state index contributed by atoms with van der Waals surface area (Å²) in [4.78, 5) is 28.9. The summed E-state index contributed by atoms with van der Waals surface area (Å²) in [7, 11) is 3.41. The van der Waals surface area contributed by atoms with Gasteiger partial charge in [-0.1, -0.05) is 12.1 Å². The summed E-state index contributed by atoms with van der Waals surface area (Å²) in [6.07, 6.45) is 5.42. The fourth-order valence-electron chi connectivity index (χ4n) is 4.86. The van der Waals surface area contributed by atoms with E-state index in [9.17, 15) is 9.18 Å². The number of carbonyl (C=O) groups excluding carboxylic acids is 1. The summed E-state index contributed by atoms with van der Waals surface area (Å²) in [5, 5.41) is 0. The van der Waals surface area contributed by atoms with E-state index in [0.717, 1.165) is 41.7 Å². The van der Waals surface area contributed by atoms with E-state index in [2.05, 4.69) is 19.9 Å². The molecule has 0 radical (unpaired) electrons. The van der Waals surface area contributed by atoms with Gasteiger partial charge in [-0.2, -0.15) is 0 Å². The van der Waals surface area contributed by atoms with Gasteiger partial charge in [0.2, 0.25) is 0 Å². The van der Waals surface area contributed by atoms with Gasteiger partial charge in [0, 0.05) is 38.8 Å². The molecule has 0 amide bonds. The molecule has 1 fully saturated rings. The maximum absolute atomic E-state index is 14.6. The van der Waals surface area contributed by atoms with Crippen LogP contribution in [-0.4, -0.2) is 51.5 Å². The van der Waals surface area contributed by atoms with Crippen LogP contribution in [0.1, 0.15) is 28.9 Å². The second kappa shape index (κ2) is 9.42. The average molecular weight is 475 g/mol. The normalized spacial score (nSPS) is 15.7. The third-order valence-corrected chi connectivity index (χ3v) is 6.60. The molecule has 8 nitrogen and oxygen atoms in total. The van der Waals surface area contributed by atoms with Crippen molar-refractivity contribution in [2.24, 2.45) is 12.8 Å². The number of hydrogen-bond donors (Lipinski definition) is 1. The zero-order valence-electron chi connectivity index (χ0n) is 19.7. The molecule has 1 aliphatic heterocycles. The van der Waals surface area contributed by atoms with Crippen molar-refractivity contribution in [1.29, 1.82) is 0 Å². The first kappa shape index (κ1) is 22.9. The fraction of sp³-hybridized carbons (Fsp3) is 0.308. The lowest BCUT2D eigenvalue weighted by Gasteiger charge is -2.28. The number of ether oxygens (including phenoxy) is 1. The second-order valence-corrected chi connectivity index (χ2v) is 8.70. The fourth-order valence-corrected chi connectivity index (χ4v) is 4.86. The minimum atomic E-state index is -0.515. The predicted octanol–water partition coefficient (Wildman–Crippen LogP) is 3.53. The van der Waals surface area contributed by atoms with Crippen molar-refractivity contribution < 1.29 is 13.9 Å². The van der Waals surface area contributed by atoms with Gasteiger partial charge in [-0.05, 0) is 42.7 Å². The largest absolute Gasteiger partial charge is 0.496 e. The average Bonchev–Trinajstić information content (AvgIpc) is 3.50. The molecule has 1 aliphatic rings. The molecule has 0 aliphatic carbocycles. The number of nitrogens with zero attached hydrogens (tertiary/aromatic N) is 5. The molecule has 0 bridgehead atoms. The molecule has 2 aromatic carbocycles. The highest BCUT2D eigenvalue weighted by molar-refractivity contribution is 5.99. The number of methoxy groups -OCH3 is 1. The lowest BCUT2D eigenvalue weighted by molar-refractivity contribution is 0.0988. The Kier molecular flexibility index (Phi) is 6.17. The summed E-state index contributed by atoms with van der Waals surface area (Å²) in [5.41, 5.74) is 10.1. The SMILES string of the molecule is COc1cccc(F)c1-c1nccc(C(=O)Cc2ccc3c(ncn3C)c2N2CCC[C@H]2CN)n1. The number of Topliss-reactive ketones (excluding diaryl/α,β-unsaturated/α-hetero) is 1. The molecule has 1 saturated heterocycles. The number of benzene rings is 2. The van der Waals surface area contributed by atoms with Crippen molar-refractivity contribution in [2.75, 3.05) is 25.1 Å². The lowest BCUT2D eigenvalue weighted by Crippen LogP contribution is -2.36. The molecular weight excluding hydrogens is 447 g/mol. The van der Waals surface area contributed by atoms with Crippen molar-refractivity contribution in [3.05, 3.63) is 66.0 Å². The van der Waals surface area contributed by atoms with E-state index in [-0.39, 0.29) is 35.3 Å². The Hall–Kier alpha value is -3.85. The topological polar surface area (TPSA) is 99.2 Å². The van der Waals surface area contributed by atoms with Crippen LogP contribution in [0.25, 0.3) is 22.4 Å². The molecule has 9 heteroatoms. The molecule has 2 aromatic heterocycles. The molecule has 35 heavy (non-hydrogen) atoms. The highest BCUT2D eigenvalue weighted by atomic mass is 19.1. The minimum absolute atomic E-state index is 0.106. The van der Waals surface area contributed by atoms with Crippen LogP contribution in [0, 0.1) is 5.82 Å². The second-order valence-electron chi connectivity index (χ2n) is 8.70. The number of fused-ring (bicyclic) bond motifs is 1. The summed E-state index contributed by atoms with van der Waals surface area (Å²) in [6.45, 7) is 1.40. The Morgan fingerprint density at radius 3 is 2.89 bits per heavy atom. The lowest BCUT2D eigenvalue weighted by atomic mass is 10.0. The number of rotatable bonds is 7. The first-order valence-corrected chi connectivity index (χ1v) is 11.6. The first-order chi connectivity index (χ1) is 17.0. The summed E-state index contributed by atoms with van der Waals surface area (Å²) in [5.74, 6) is -0.295. The van der Waals surface area contributed by atoms with Gasteiger partial charge in [0.05, 0.1) is 30.2 Å². The minimum Gasteiger partial charge on any atom is -0.496 e. The molecule has 0 saturated carbocycles. The number of aryl methyl sites for hydroxylation is 1. The maximum Gasteiger partial charge on any atom is 0.185 e. The molecular formula is C26H27FN6O2. The molecule has 1 atom stereocenters. The van der Waals surface area contributed by atoms with Crippen LogP contribution in [-0.2, 0) is 13.5 Å². The van der Waals surface area contributed by atoms with Gasteiger partial charge in [-0.25, -0.2) is 19.3 Å².